The van der Waals surface area contributed by atoms with Gasteiger partial charge in [-0.1, -0.05) is 44.2 Å². The number of rotatable bonds is 17. The van der Waals surface area contributed by atoms with Gasteiger partial charge >= 0.3 is 0 Å². The molecule has 0 saturated heterocycles. The van der Waals surface area contributed by atoms with Crippen LogP contribution in [0, 0.1) is 0 Å². The number of hydrogen-bond acceptors (Lipinski definition) is 8. The maximum absolute atomic E-state index is 14.4. The fraction of sp³-hybridized carbons (Fsp3) is 0.412. The number of methoxy groups -OCH3 is 4. The van der Waals surface area contributed by atoms with Crippen molar-refractivity contribution in [3.63, 3.8) is 0 Å². The minimum Gasteiger partial charge on any atom is -0.497 e. The Bertz CT molecular complexity index is 1570. The van der Waals surface area contributed by atoms with Gasteiger partial charge in [0.15, 0.2) is 11.5 Å². The standard InChI is InChI=1S/C34H45N3O8S/c1-8-24(3)35-34(39)28(9-2)36(20-19-25-13-11-10-12-14-25)33(38)23-37(29-21-26(42-4)15-17-30(29)43-5)46(40,41)27-16-18-31(44-6)32(22-27)45-7/h10-18,21-22,24,28H,8-9,19-20,23H2,1-7H3,(H,35,39)/t24-,28+/m0/s1. The summed E-state index contributed by atoms with van der Waals surface area (Å²) in [6, 6.07) is 17.5. The van der Waals surface area contributed by atoms with Gasteiger partial charge in [0.25, 0.3) is 10.0 Å². The molecule has 0 fully saturated rings. The minimum atomic E-state index is -4.43. The molecule has 0 bridgehead atoms. The van der Waals surface area contributed by atoms with E-state index in [1.165, 1.54) is 57.6 Å². The number of sulfonamides is 1. The number of nitrogens with zero attached hydrogens (tertiary/aromatic N) is 2. The summed E-state index contributed by atoms with van der Waals surface area (Å²) >= 11 is 0. The maximum atomic E-state index is 14.4. The van der Waals surface area contributed by atoms with Gasteiger partial charge in [-0.2, -0.15) is 0 Å². The third-order valence-electron chi connectivity index (χ3n) is 7.75. The molecule has 0 heterocycles. The normalized spacial score (nSPS) is 12.4. The lowest BCUT2D eigenvalue weighted by atomic mass is 10.1. The molecule has 0 aromatic heterocycles. The summed E-state index contributed by atoms with van der Waals surface area (Å²) < 4.78 is 51.5. The predicted molar refractivity (Wildman–Crippen MR) is 177 cm³/mol. The van der Waals surface area contributed by atoms with Crippen molar-refractivity contribution in [1.29, 1.82) is 0 Å². The molecule has 3 aromatic carbocycles. The second kappa shape index (κ2) is 16.7. The van der Waals surface area contributed by atoms with Crippen LogP contribution in [0.5, 0.6) is 23.0 Å². The summed E-state index contributed by atoms with van der Waals surface area (Å²) in [6.45, 7) is 5.25. The summed E-state index contributed by atoms with van der Waals surface area (Å²) in [5, 5.41) is 2.99. The van der Waals surface area contributed by atoms with Gasteiger partial charge in [-0.15, -0.1) is 0 Å². The highest BCUT2D eigenvalue weighted by Crippen LogP contribution is 2.37. The number of benzene rings is 3. The maximum Gasteiger partial charge on any atom is 0.265 e. The average Bonchev–Trinajstić information content (AvgIpc) is 3.08. The van der Waals surface area contributed by atoms with Gasteiger partial charge in [-0.3, -0.25) is 13.9 Å². The van der Waals surface area contributed by atoms with E-state index in [4.69, 9.17) is 18.9 Å². The van der Waals surface area contributed by atoms with Crippen LogP contribution in [0.15, 0.2) is 71.6 Å². The number of ether oxygens (including phenoxy) is 4. The monoisotopic (exact) mass is 655 g/mol. The van der Waals surface area contributed by atoms with E-state index in [-0.39, 0.29) is 40.6 Å². The van der Waals surface area contributed by atoms with E-state index in [2.05, 4.69) is 5.32 Å². The molecule has 46 heavy (non-hydrogen) atoms. The van der Waals surface area contributed by atoms with Crippen molar-refractivity contribution in [2.45, 2.75) is 57.0 Å². The Balaban J connectivity index is 2.15. The van der Waals surface area contributed by atoms with E-state index in [1.807, 2.05) is 51.1 Å². The first kappa shape index (κ1) is 36.0. The number of anilines is 1. The van der Waals surface area contributed by atoms with Gasteiger partial charge in [0.05, 0.1) is 39.0 Å². The zero-order valence-corrected chi connectivity index (χ0v) is 28.4. The fourth-order valence-electron chi connectivity index (χ4n) is 4.95. The predicted octanol–water partition coefficient (Wildman–Crippen LogP) is 4.68. The molecule has 2 atom stereocenters. The quantitative estimate of drug-likeness (QED) is 0.222. The van der Waals surface area contributed by atoms with E-state index < -0.39 is 28.5 Å². The van der Waals surface area contributed by atoms with Crippen molar-refractivity contribution >= 4 is 27.5 Å². The van der Waals surface area contributed by atoms with Gasteiger partial charge in [0.2, 0.25) is 11.8 Å². The summed E-state index contributed by atoms with van der Waals surface area (Å²) in [4.78, 5) is 29.2. The van der Waals surface area contributed by atoms with Crippen LogP contribution in [0.25, 0.3) is 0 Å². The van der Waals surface area contributed by atoms with Crippen LogP contribution in [0.2, 0.25) is 0 Å². The first-order valence-corrected chi connectivity index (χ1v) is 16.6. The molecule has 0 aliphatic heterocycles. The highest BCUT2D eigenvalue weighted by Gasteiger charge is 2.35. The first-order valence-electron chi connectivity index (χ1n) is 15.1. The Morgan fingerprint density at radius 3 is 2.04 bits per heavy atom. The molecule has 11 nitrogen and oxygen atoms in total. The fourth-order valence-corrected chi connectivity index (χ4v) is 6.38. The summed E-state index contributed by atoms with van der Waals surface area (Å²) in [6.07, 6.45) is 1.51. The second-order valence-electron chi connectivity index (χ2n) is 10.6. The molecule has 250 valence electrons. The van der Waals surface area contributed by atoms with E-state index in [0.717, 1.165) is 9.87 Å². The summed E-state index contributed by atoms with van der Waals surface area (Å²) in [5.74, 6) is 0.242. The highest BCUT2D eigenvalue weighted by molar-refractivity contribution is 7.92. The molecule has 12 heteroatoms. The molecule has 2 amide bonds. The number of carbonyl (C=O) groups is 2. The largest absolute Gasteiger partial charge is 0.497 e. The van der Waals surface area contributed by atoms with Crippen molar-refractivity contribution in [3.05, 3.63) is 72.3 Å². The minimum absolute atomic E-state index is 0.0881. The lowest BCUT2D eigenvalue weighted by Crippen LogP contribution is -2.54. The number of carbonyl (C=O) groups excluding carboxylic acids is 2. The molecule has 0 spiro atoms. The van der Waals surface area contributed by atoms with Crippen LogP contribution >= 0.6 is 0 Å². The molecule has 0 saturated carbocycles. The van der Waals surface area contributed by atoms with Crippen molar-refractivity contribution in [1.82, 2.24) is 10.2 Å². The van der Waals surface area contributed by atoms with Crippen molar-refractivity contribution in [2.75, 3.05) is 45.8 Å². The van der Waals surface area contributed by atoms with Crippen molar-refractivity contribution in [2.24, 2.45) is 0 Å². The number of amides is 2. The van der Waals surface area contributed by atoms with Crippen LogP contribution < -0.4 is 28.6 Å². The van der Waals surface area contributed by atoms with Crippen LogP contribution in [-0.4, -0.2) is 78.7 Å². The van der Waals surface area contributed by atoms with E-state index in [0.29, 0.717) is 30.8 Å². The second-order valence-corrected chi connectivity index (χ2v) is 12.5. The van der Waals surface area contributed by atoms with Gasteiger partial charge in [-0.05, 0) is 56.0 Å². The molecule has 1 N–H and O–H groups in total. The van der Waals surface area contributed by atoms with Gasteiger partial charge in [0, 0.05) is 24.7 Å². The molecule has 3 aromatic rings. The van der Waals surface area contributed by atoms with E-state index >= 15 is 0 Å². The summed E-state index contributed by atoms with van der Waals surface area (Å²) in [5.41, 5.74) is 1.06. The topological polar surface area (TPSA) is 124 Å². The van der Waals surface area contributed by atoms with Crippen LogP contribution in [0.3, 0.4) is 0 Å². The Morgan fingerprint density at radius 1 is 0.804 bits per heavy atom. The zero-order valence-electron chi connectivity index (χ0n) is 27.6. The van der Waals surface area contributed by atoms with Crippen molar-refractivity contribution in [3.8, 4) is 23.0 Å². The SMILES string of the molecule is CC[C@H](C(=O)N[C@@H](C)CC)N(CCc1ccccc1)C(=O)CN(c1cc(OC)ccc1OC)S(=O)(=O)c1ccc(OC)c(OC)c1. The Labute approximate surface area is 272 Å². The Morgan fingerprint density at radius 2 is 1.46 bits per heavy atom. The lowest BCUT2D eigenvalue weighted by molar-refractivity contribution is -0.139. The molecule has 3 rings (SSSR count). The zero-order chi connectivity index (χ0) is 33.9. The molecular formula is C34H45N3O8S. The third-order valence-corrected chi connectivity index (χ3v) is 9.50. The number of hydrogen-bond donors (Lipinski definition) is 1. The van der Waals surface area contributed by atoms with Crippen molar-refractivity contribution < 1.29 is 37.0 Å². The third kappa shape index (κ3) is 8.63. The molecule has 0 unspecified atom stereocenters. The highest BCUT2D eigenvalue weighted by atomic mass is 32.2. The molecule has 0 aliphatic rings. The lowest BCUT2D eigenvalue weighted by Gasteiger charge is -2.34. The molecular weight excluding hydrogens is 610 g/mol. The van der Waals surface area contributed by atoms with Crippen LogP contribution in [-0.2, 0) is 26.0 Å². The molecule has 0 radical (unpaired) electrons. The summed E-state index contributed by atoms with van der Waals surface area (Å²) in [7, 11) is 1.29. The van der Waals surface area contributed by atoms with E-state index in [1.54, 1.807) is 12.1 Å². The Kier molecular flexibility index (Phi) is 13.1. The Hall–Kier alpha value is -4.45. The van der Waals surface area contributed by atoms with Gasteiger partial charge in [0.1, 0.15) is 24.1 Å². The molecule has 0 aliphatic carbocycles. The average molecular weight is 656 g/mol. The smallest absolute Gasteiger partial charge is 0.265 e. The van der Waals surface area contributed by atoms with Crippen LogP contribution in [0.1, 0.15) is 39.2 Å². The number of nitrogens with one attached hydrogen (secondary N) is 1. The first-order chi connectivity index (χ1) is 22.0. The van der Waals surface area contributed by atoms with E-state index in [9.17, 15) is 18.0 Å². The van der Waals surface area contributed by atoms with Gasteiger partial charge < -0.3 is 29.2 Å². The van der Waals surface area contributed by atoms with Gasteiger partial charge in [-0.25, -0.2) is 8.42 Å². The van der Waals surface area contributed by atoms with Crippen LogP contribution in [0.4, 0.5) is 5.69 Å².